The molecule has 0 amide bonds. The lowest BCUT2D eigenvalue weighted by molar-refractivity contribution is 0.873. The molecule has 0 fully saturated rings. The zero-order valence-corrected chi connectivity index (χ0v) is 6.88. The van der Waals surface area contributed by atoms with Gasteiger partial charge in [-0.2, -0.15) is 0 Å². The van der Waals surface area contributed by atoms with Crippen LogP contribution in [0.5, 0.6) is 0 Å². The maximum absolute atomic E-state index is 3.74. The number of anilines is 1. The third-order valence-electron chi connectivity index (χ3n) is 1.37. The first kappa shape index (κ1) is 8.39. The van der Waals surface area contributed by atoms with Crippen molar-refractivity contribution < 1.29 is 0 Å². The molecule has 0 aliphatic carbocycles. The predicted octanol–water partition coefficient (Wildman–Crippen LogP) is 2.11. The van der Waals surface area contributed by atoms with E-state index >= 15 is 0 Å². The summed E-state index contributed by atoms with van der Waals surface area (Å²) in [5, 5.41) is 12.0. The molecule has 1 aromatic rings. The lowest BCUT2D eigenvalue weighted by Gasteiger charge is -2.08. The fourth-order valence-corrected chi connectivity index (χ4v) is 0.784. The molecule has 0 radical (unpaired) electrons. The maximum Gasteiger partial charge on any atom is 0.0608 e. The molecule has 0 aliphatic rings. The molecule has 0 heterocycles. The van der Waals surface area contributed by atoms with Gasteiger partial charge in [-0.25, -0.2) is 5.01 Å². The van der Waals surface area contributed by atoms with Crippen molar-refractivity contribution >= 4 is 12.4 Å². The van der Waals surface area contributed by atoms with E-state index in [9.17, 15) is 0 Å². The van der Waals surface area contributed by atoms with Crippen molar-refractivity contribution in [1.82, 2.24) is 0 Å². The first-order valence-corrected chi connectivity index (χ1v) is 3.50. The Labute approximate surface area is 71.2 Å². The highest BCUT2D eigenvalue weighted by Crippen LogP contribution is 2.10. The Bertz CT molecular complexity index is 268. The molecule has 0 unspecified atom stereocenters. The Hall–Kier alpha value is -1.71. The summed E-state index contributed by atoms with van der Waals surface area (Å²) in [4.78, 5) is 0. The zero-order chi connectivity index (χ0) is 8.81. The standard InChI is InChI=1S/C8H10N4/c1-9-10-11-12(2)8-6-4-3-5-7-8/h3-7H,1H2,2H3/b11-10-. The summed E-state index contributed by atoms with van der Waals surface area (Å²) in [6, 6.07) is 9.68. The smallest absolute Gasteiger partial charge is 0.0608 e. The fourth-order valence-electron chi connectivity index (χ4n) is 0.784. The van der Waals surface area contributed by atoms with E-state index in [1.54, 1.807) is 12.1 Å². The third kappa shape index (κ3) is 2.16. The highest BCUT2D eigenvalue weighted by Gasteiger charge is 1.94. The van der Waals surface area contributed by atoms with Gasteiger partial charge < -0.3 is 0 Å². The summed E-state index contributed by atoms with van der Waals surface area (Å²) in [6.45, 7) is 3.19. The molecule has 4 nitrogen and oxygen atoms in total. The normalized spacial score (nSPS) is 10.1. The number of rotatable bonds is 3. The van der Waals surface area contributed by atoms with Gasteiger partial charge in [0.15, 0.2) is 0 Å². The molecule has 0 aliphatic heterocycles. The molecule has 62 valence electrons. The number of para-hydroxylation sites is 1. The van der Waals surface area contributed by atoms with Crippen LogP contribution >= 0.6 is 0 Å². The summed E-state index contributed by atoms with van der Waals surface area (Å²) >= 11 is 0. The summed E-state index contributed by atoms with van der Waals surface area (Å²) in [5.74, 6) is 0. The van der Waals surface area contributed by atoms with E-state index < -0.39 is 0 Å². The molecule has 1 aromatic carbocycles. The van der Waals surface area contributed by atoms with Crippen LogP contribution in [0.4, 0.5) is 5.69 Å². The fraction of sp³-hybridized carbons (Fsp3) is 0.125. The van der Waals surface area contributed by atoms with Gasteiger partial charge in [-0.15, -0.1) is 5.10 Å². The van der Waals surface area contributed by atoms with E-state index in [1.165, 1.54) is 0 Å². The van der Waals surface area contributed by atoms with Crippen molar-refractivity contribution in [3.8, 4) is 0 Å². The Morgan fingerprint density at radius 3 is 2.50 bits per heavy atom. The summed E-state index contributed by atoms with van der Waals surface area (Å²) in [7, 11) is 1.80. The van der Waals surface area contributed by atoms with Crippen LogP contribution in [0.1, 0.15) is 0 Å². The van der Waals surface area contributed by atoms with Crippen molar-refractivity contribution in [3.63, 3.8) is 0 Å². The molecule has 1 rings (SSSR count). The average molecular weight is 162 g/mol. The molecule has 0 atom stereocenters. The van der Waals surface area contributed by atoms with Gasteiger partial charge in [0.1, 0.15) is 0 Å². The Morgan fingerprint density at radius 2 is 1.92 bits per heavy atom. The van der Waals surface area contributed by atoms with Crippen LogP contribution in [0.15, 0.2) is 45.9 Å². The van der Waals surface area contributed by atoms with Crippen molar-refractivity contribution in [1.29, 1.82) is 0 Å². The molecular formula is C8H10N4. The van der Waals surface area contributed by atoms with Crippen LogP contribution in [-0.2, 0) is 0 Å². The van der Waals surface area contributed by atoms with Crippen LogP contribution in [0.25, 0.3) is 0 Å². The Balaban J connectivity index is 2.71. The van der Waals surface area contributed by atoms with Crippen molar-refractivity contribution in [2.45, 2.75) is 0 Å². The molecule has 0 saturated heterocycles. The molecule has 0 aromatic heterocycles. The highest BCUT2D eigenvalue weighted by molar-refractivity contribution is 5.43. The van der Waals surface area contributed by atoms with Crippen molar-refractivity contribution in [3.05, 3.63) is 30.3 Å². The van der Waals surface area contributed by atoms with Crippen LogP contribution in [0, 0.1) is 0 Å². The third-order valence-corrected chi connectivity index (χ3v) is 1.37. The maximum atomic E-state index is 3.74. The average Bonchev–Trinajstić information content (AvgIpc) is 2.15. The minimum atomic E-state index is 0.963. The SMILES string of the molecule is C=N/N=N\N(C)c1ccccc1. The van der Waals surface area contributed by atoms with E-state index in [1.807, 2.05) is 30.3 Å². The second kappa shape index (κ2) is 4.23. The second-order valence-electron chi connectivity index (χ2n) is 2.18. The topological polar surface area (TPSA) is 40.3 Å². The lowest BCUT2D eigenvalue weighted by atomic mass is 10.3. The van der Waals surface area contributed by atoms with Gasteiger partial charge in [0, 0.05) is 13.8 Å². The van der Waals surface area contributed by atoms with E-state index in [-0.39, 0.29) is 0 Å². The van der Waals surface area contributed by atoms with E-state index in [4.69, 9.17) is 0 Å². The molecule has 12 heavy (non-hydrogen) atoms. The van der Waals surface area contributed by atoms with Gasteiger partial charge in [0.05, 0.1) is 5.69 Å². The summed E-state index contributed by atoms with van der Waals surface area (Å²) in [6.07, 6.45) is 0. The monoisotopic (exact) mass is 162 g/mol. The molecule has 0 bridgehead atoms. The number of hydrogen-bond donors (Lipinski definition) is 0. The molecule has 0 N–H and O–H groups in total. The highest BCUT2D eigenvalue weighted by atomic mass is 15.6. The first-order chi connectivity index (χ1) is 5.84. The quantitative estimate of drug-likeness (QED) is 0.381. The van der Waals surface area contributed by atoms with Crippen LogP contribution in [0.3, 0.4) is 0 Å². The van der Waals surface area contributed by atoms with Crippen LogP contribution in [-0.4, -0.2) is 13.8 Å². The summed E-state index contributed by atoms with van der Waals surface area (Å²) in [5.41, 5.74) is 0.963. The van der Waals surface area contributed by atoms with E-state index in [0.717, 1.165) is 5.69 Å². The van der Waals surface area contributed by atoms with E-state index in [2.05, 4.69) is 22.3 Å². The number of benzene rings is 1. The minimum absolute atomic E-state index is 0.963. The van der Waals surface area contributed by atoms with Gasteiger partial charge in [0.2, 0.25) is 0 Å². The predicted molar refractivity (Wildman–Crippen MR) is 49.3 cm³/mol. The van der Waals surface area contributed by atoms with Crippen molar-refractivity contribution in [2.24, 2.45) is 15.5 Å². The molecular weight excluding hydrogens is 152 g/mol. The number of hydrogen-bond acceptors (Lipinski definition) is 2. The van der Waals surface area contributed by atoms with Gasteiger partial charge in [-0.05, 0) is 22.6 Å². The first-order valence-electron chi connectivity index (χ1n) is 3.50. The van der Waals surface area contributed by atoms with Crippen LogP contribution in [0.2, 0.25) is 0 Å². The molecule has 0 spiro atoms. The van der Waals surface area contributed by atoms with Gasteiger partial charge >= 0.3 is 0 Å². The van der Waals surface area contributed by atoms with Crippen molar-refractivity contribution in [2.75, 3.05) is 12.1 Å². The molecule has 0 saturated carbocycles. The second-order valence-corrected chi connectivity index (χ2v) is 2.18. The number of nitrogens with zero attached hydrogens (tertiary/aromatic N) is 4. The summed E-state index contributed by atoms with van der Waals surface area (Å²) < 4.78 is 0. The van der Waals surface area contributed by atoms with Gasteiger partial charge in [-0.1, -0.05) is 18.2 Å². The van der Waals surface area contributed by atoms with Gasteiger partial charge in [-0.3, -0.25) is 0 Å². The van der Waals surface area contributed by atoms with Gasteiger partial charge in [0.25, 0.3) is 0 Å². The Morgan fingerprint density at radius 1 is 1.25 bits per heavy atom. The van der Waals surface area contributed by atoms with Crippen LogP contribution < -0.4 is 5.01 Å². The largest absolute Gasteiger partial charge is 0.249 e. The minimum Gasteiger partial charge on any atom is -0.249 e. The van der Waals surface area contributed by atoms with E-state index in [0.29, 0.717) is 0 Å². The molecule has 4 heteroatoms. The lowest BCUT2D eigenvalue weighted by Crippen LogP contribution is -2.06. The zero-order valence-electron chi connectivity index (χ0n) is 6.88. The Kier molecular flexibility index (Phi) is 2.95.